The Morgan fingerprint density at radius 2 is 1.00 bits per heavy atom. The zero-order chi connectivity index (χ0) is 25.8. The molecule has 184 valence electrons. The molecule has 0 radical (unpaired) electrons. The molecule has 0 amide bonds. The predicted octanol–water partition coefficient (Wildman–Crippen LogP) is 10.6. The van der Waals surface area contributed by atoms with Crippen molar-refractivity contribution in [2.75, 3.05) is 4.90 Å². The third-order valence-corrected chi connectivity index (χ3v) is 8.76. The average molecular weight is 517 g/mol. The molecule has 0 aliphatic carbocycles. The van der Waals surface area contributed by atoms with Gasteiger partial charge in [0.15, 0.2) is 0 Å². The molecule has 0 bridgehead atoms. The summed E-state index contributed by atoms with van der Waals surface area (Å²) in [6.07, 6.45) is 0. The molecule has 6 aromatic carbocycles. The van der Waals surface area contributed by atoms with E-state index in [-0.39, 0.29) is 0 Å². The normalized spacial score (nSPS) is 11.6. The van der Waals surface area contributed by atoms with E-state index in [9.17, 15) is 0 Å². The summed E-state index contributed by atoms with van der Waals surface area (Å²) in [5.74, 6) is 0. The summed E-state index contributed by atoms with van der Waals surface area (Å²) < 4.78 is 5.02. The molecule has 0 saturated heterocycles. The van der Waals surface area contributed by atoms with Crippen LogP contribution in [0.15, 0.2) is 146 Å². The molecule has 0 aliphatic heterocycles. The van der Waals surface area contributed by atoms with Gasteiger partial charge in [0, 0.05) is 37.6 Å². The highest BCUT2D eigenvalue weighted by molar-refractivity contribution is 7.26. The molecule has 0 aliphatic rings. The molecule has 0 N–H and O–H groups in total. The van der Waals surface area contributed by atoms with Crippen molar-refractivity contribution in [2.45, 2.75) is 0 Å². The number of fused-ring (bicyclic) bond motifs is 6. The molecule has 2 nitrogen and oxygen atoms in total. The van der Waals surface area contributed by atoms with Gasteiger partial charge in [-0.15, -0.1) is 11.3 Å². The zero-order valence-corrected chi connectivity index (χ0v) is 22.0. The Bertz CT molecular complexity index is 2030. The maximum Gasteiger partial charge on any atom is 0.0640 e. The maximum absolute atomic E-state index is 2.44. The highest BCUT2D eigenvalue weighted by Crippen LogP contribution is 2.46. The summed E-state index contributed by atoms with van der Waals surface area (Å²) in [6.45, 7) is 0. The Balaban J connectivity index is 1.45. The predicted molar refractivity (Wildman–Crippen MR) is 168 cm³/mol. The number of nitrogens with zero attached hydrogens (tertiary/aromatic N) is 2. The lowest BCUT2D eigenvalue weighted by atomic mass is 10.1. The molecule has 0 atom stereocenters. The van der Waals surface area contributed by atoms with Crippen molar-refractivity contribution in [1.82, 2.24) is 4.57 Å². The fraction of sp³-hybridized carbons (Fsp3) is 0. The largest absolute Gasteiger partial charge is 0.309 e. The minimum absolute atomic E-state index is 1.15. The molecule has 8 rings (SSSR count). The summed E-state index contributed by atoms with van der Waals surface area (Å²) in [7, 11) is 0. The van der Waals surface area contributed by atoms with Crippen LogP contribution in [0, 0.1) is 0 Å². The minimum Gasteiger partial charge on any atom is -0.309 e. The summed E-state index contributed by atoms with van der Waals surface area (Å²) in [4.78, 5) is 2.37. The maximum atomic E-state index is 2.44. The number of rotatable bonds is 4. The van der Waals surface area contributed by atoms with Gasteiger partial charge in [-0.2, -0.15) is 0 Å². The molecule has 0 saturated carbocycles. The highest BCUT2D eigenvalue weighted by Gasteiger charge is 2.20. The number of aromatic nitrogens is 1. The number of benzene rings is 6. The zero-order valence-electron chi connectivity index (χ0n) is 21.2. The van der Waals surface area contributed by atoms with E-state index in [1.165, 1.54) is 53.4 Å². The average Bonchev–Trinajstić information content (AvgIpc) is 3.55. The summed E-state index contributed by atoms with van der Waals surface area (Å²) in [6, 6.07) is 52.2. The summed E-state index contributed by atoms with van der Waals surface area (Å²) in [5.41, 5.74) is 7.18. The first kappa shape index (κ1) is 22.2. The summed E-state index contributed by atoms with van der Waals surface area (Å²) >= 11 is 1.87. The Morgan fingerprint density at radius 3 is 1.64 bits per heavy atom. The molecule has 2 aromatic heterocycles. The van der Waals surface area contributed by atoms with Crippen LogP contribution in [-0.2, 0) is 0 Å². The van der Waals surface area contributed by atoms with Crippen molar-refractivity contribution in [3.8, 4) is 5.69 Å². The van der Waals surface area contributed by atoms with Gasteiger partial charge in [-0.1, -0.05) is 91.0 Å². The molecule has 8 aromatic rings. The minimum atomic E-state index is 1.15. The fourth-order valence-corrected chi connectivity index (χ4v) is 7.17. The number of para-hydroxylation sites is 4. The van der Waals surface area contributed by atoms with Crippen LogP contribution in [-0.4, -0.2) is 4.57 Å². The van der Waals surface area contributed by atoms with E-state index < -0.39 is 0 Å². The second-order valence-corrected chi connectivity index (χ2v) is 10.8. The monoisotopic (exact) mass is 516 g/mol. The van der Waals surface area contributed by atoms with Crippen LogP contribution in [0.25, 0.3) is 47.7 Å². The van der Waals surface area contributed by atoms with Gasteiger partial charge in [0.25, 0.3) is 0 Å². The first-order chi connectivity index (χ1) is 19.4. The van der Waals surface area contributed by atoms with E-state index >= 15 is 0 Å². The van der Waals surface area contributed by atoms with E-state index in [0.29, 0.717) is 0 Å². The van der Waals surface area contributed by atoms with Crippen molar-refractivity contribution in [3.05, 3.63) is 146 Å². The van der Waals surface area contributed by atoms with Gasteiger partial charge in [-0.3, -0.25) is 0 Å². The standard InChI is InChI=1S/C36H24N2S/c1-3-13-25(14-4-1)37(26-15-5-2-6-16-26)33-23-11-19-29-35-32(22-12-24-34(35)39-36(29)33)38-30-20-9-7-17-27(30)28-18-8-10-21-31(28)38/h1-24H. The molecular weight excluding hydrogens is 492 g/mol. The van der Waals surface area contributed by atoms with Gasteiger partial charge in [0.05, 0.1) is 27.1 Å². The van der Waals surface area contributed by atoms with E-state index in [1.54, 1.807) is 0 Å². The summed E-state index contributed by atoms with van der Waals surface area (Å²) in [5, 5.41) is 5.14. The highest BCUT2D eigenvalue weighted by atomic mass is 32.1. The molecule has 3 heteroatoms. The molecular formula is C36H24N2S. The Hall–Kier alpha value is -4.86. The van der Waals surface area contributed by atoms with Crippen LogP contribution in [0.3, 0.4) is 0 Å². The molecule has 0 unspecified atom stereocenters. The third-order valence-electron chi connectivity index (χ3n) is 7.57. The van der Waals surface area contributed by atoms with Crippen LogP contribution in [0.4, 0.5) is 17.1 Å². The topological polar surface area (TPSA) is 8.17 Å². The number of anilines is 3. The molecule has 2 heterocycles. The second-order valence-electron chi connectivity index (χ2n) is 9.78. The van der Waals surface area contributed by atoms with Crippen molar-refractivity contribution in [3.63, 3.8) is 0 Å². The van der Waals surface area contributed by atoms with Crippen LogP contribution in [0.5, 0.6) is 0 Å². The second kappa shape index (κ2) is 8.87. The number of thiophene rings is 1. The Labute approximate surface area is 230 Å². The van der Waals surface area contributed by atoms with Gasteiger partial charge in [0.2, 0.25) is 0 Å². The van der Waals surface area contributed by atoms with Crippen molar-refractivity contribution in [1.29, 1.82) is 0 Å². The number of hydrogen-bond acceptors (Lipinski definition) is 2. The molecule has 0 fully saturated rings. The van der Waals surface area contributed by atoms with Gasteiger partial charge in [0.1, 0.15) is 0 Å². The van der Waals surface area contributed by atoms with Crippen LogP contribution in [0.1, 0.15) is 0 Å². The van der Waals surface area contributed by atoms with Gasteiger partial charge in [-0.25, -0.2) is 0 Å². The quantitative estimate of drug-likeness (QED) is 0.226. The van der Waals surface area contributed by atoms with Crippen molar-refractivity contribution < 1.29 is 0 Å². The van der Waals surface area contributed by atoms with Gasteiger partial charge < -0.3 is 9.47 Å². The van der Waals surface area contributed by atoms with Crippen molar-refractivity contribution >= 4 is 70.4 Å². The number of hydrogen-bond donors (Lipinski definition) is 0. The SMILES string of the molecule is c1ccc(N(c2ccccc2)c2cccc3c2sc2cccc(-n4c5ccccc5c5ccccc54)c23)cc1. The smallest absolute Gasteiger partial charge is 0.0640 e. The first-order valence-electron chi connectivity index (χ1n) is 13.2. The van der Waals surface area contributed by atoms with Crippen molar-refractivity contribution in [2.24, 2.45) is 0 Å². The molecule has 39 heavy (non-hydrogen) atoms. The van der Waals surface area contributed by atoms with E-state index in [0.717, 1.165) is 11.4 Å². The Morgan fingerprint density at radius 1 is 0.462 bits per heavy atom. The Kier molecular flexibility index (Phi) is 5.04. The van der Waals surface area contributed by atoms with E-state index in [2.05, 4.69) is 155 Å². The molecule has 0 spiro atoms. The lowest BCUT2D eigenvalue weighted by molar-refractivity contribution is 1.20. The van der Waals surface area contributed by atoms with Crippen LogP contribution in [0.2, 0.25) is 0 Å². The fourth-order valence-electron chi connectivity index (χ4n) is 5.94. The lowest BCUT2D eigenvalue weighted by Gasteiger charge is -2.26. The van der Waals surface area contributed by atoms with Gasteiger partial charge in [-0.05, 0) is 54.6 Å². The third kappa shape index (κ3) is 3.41. The first-order valence-corrected chi connectivity index (χ1v) is 14.0. The van der Waals surface area contributed by atoms with Crippen LogP contribution >= 0.6 is 11.3 Å². The van der Waals surface area contributed by atoms with E-state index in [1.807, 2.05) is 11.3 Å². The van der Waals surface area contributed by atoms with E-state index in [4.69, 9.17) is 0 Å². The van der Waals surface area contributed by atoms with Crippen LogP contribution < -0.4 is 4.90 Å². The lowest BCUT2D eigenvalue weighted by Crippen LogP contribution is -2.09. The van der Waals surface area contributed by atoms with Gasteiger partial charge >= 0.3 is 0 Å².